The summed E-state index contributed by atoms with van der Waals surface area (Å²) in [5.41, 5.74) is 6.00. The lowest BCUT2D eigenvalue weighted by Gasteiger charge is -2.28. The van der Waals surface area contributed by atoms with Crippen molar-refractivity contribution in [2.24, 2.45) is 11.7 Å². The molecular weight excluding hydrogens is 204 g/mol. The molecule has 0 spiro atoms. The van der Waals surface area contributed by atoms with Crippen molar-refractivity contribution in [3.8, 4) is 0 Å². The molecule has 0 aliphatic heterocycles. The Kier molecular flexibility index (Phi) is 6.42. The molecule has 2 unspecified atom stereocenters. The fourth-order valence-corrected chi connectivity index (χ4v) is 2.09. The van der Waals surface area contributed by atoms with Gasteiger partial charge in [0.2, 0.25) is 5.91 Å². The van der Waals surface area contributed by atoms with Gasteiger partial charge in [0, 0.05) is 19.2 Å². The van der Waals surface area contributed by atoms with Gasteiger partial charge in [-0.15, -0.1) is 0 Å². The maximum Gasteiger partial charge on any atom is 0.246 e. The average Bonchev–Trinajstić information content (AvgIpc) is 2.28. The van der Waals surface area contributed by atoms with Crippen molar-refractivity contribution in [1.29, 1.82) is 0 Å². The molecule has 4 nitrogen and oxygen atoms in total. The standard InChI is InChI=1S/C12H24N2O2/c1-2-7-16-9-12(15)14-8-10-5-3-4-6-11(10)13/h10-11H,2-9,13H2,1H3,(H,14,15). The highest BCUT2D eigenvalue weighted by Crippen LogP contribution is 2.21. The van der Waals surface area contributed by atoms with Crippen LogP contribution < -0.4 is 11.1 Å². The molecule has 3 N–H and O–H groups in total. The molecule has 0 bridgehead atoms. The molecule has 4 heteroatoms. The van der Waals surface area contributed by atoms with Crippen LogP contribution in [-0.4, -0.2) is 31.7 Å². The van der Waals surface area contributed by atoms with E-state index in [0.717, 1.165) is 19.3 Å². The number of carbonyl (C=O) groups is 1. The normalized spacial score (nSPS) is 25.4. The maximum absolute atomic E-state index is 11.4. The molecule has 0 radical (unpaired) electrons. The Hall–Kier alpha value is -0.610. The van der Waals surface area contributed by atoms with Crippen molar-refractivity contribution in [2.75, 3.05) is 19.8 Å². The Balaban J connectivity index is 2.10. The number of rotatable bonds is 6. The van der Waals surface area contributed by atoms with Gasteiger partial charge in [0.05, 0.1) is 0 Å². The van der Waals surface area contributed by atoms with E-state index in [1.54, 1.807) is 0 Å². The number of carbonyl (C=O) groups excluding carboxylic acids is 1. The lowest BCUT2D eigenvalue weighted by Crippen LogP contribution is -2.41. The van der Waals surface area contributed by atoms with E-state index in [9.17, 15) is 4.79 Å². The summed E-state index contributed by atoms with van der Waals surface area (Å²) in [6, 6.07) is 0.255. The summed E-state index contributed by atoms with van der Waals surface area (Å²) in [6.45, 7) is 3.56. The van der Waals surface area contributed by atoms with E-state index in [4.69, 9.17) is 10.5 Å². The predicted octanol–water partition coefficient (Wildman–Crippen LogP) is 1.05. The number of amides is 1. The van der Waals surface area contributed by atoms with E-state index < -0.39 is 0 Å². The third-order valence-electron chi connectivity index (χ3n) is 3.11. The Labute approximate surface area is 97.9 Å². The van der Waals surface area contributed by atoms with E-state index in [1.807, 2.05) is 6.92 Å². The quantitative estimate of drug-likeness (QED) is 0.668. The van der Waals surface area contributed by atoms with Gasteiger partial charge in [0.1, 0.15) is 6.61 Å². The Bertz CT molecular complexity index is 209. The summed E-state index contributed by atoms with van der Waals surface area (Å²) in [7, 11) is 0. The molecule has 0 aromatic heterocycles. The molecule has 1 rings (SSSR count). The summed E-state index contributed by atoms with van der Waals surface area (Å²) in [5, 5.41) is 2.90. The monoisotopic (exact) mass is 228 g/mol. The van der Waals surface area contributed by atoms with Gasteiger partial charge >= 0.3 is 0 Å². The molecule has 16 heavy (non-hydrogen) atoms. The van der Waals surface area contributed by atoms with Crippen LogP contribution >= 0.6 is 0 Å². The van der Waals surface area contributed by atoms with Gasteiger partial charge < -0.3 is 15.8 Å². The predicted molar refractivity (Wildman–Crippen MR) is 64.1 cm³/mol. The average molecular weight is 228 g/mol. The Morgan fingerprint density at radius 1 is 1.44 bits per heavy atom. The highest BCUT2D eigenvalue weighted by Gasteiger charge is 2.21. The van der Waals surface area contributed by atoms with Gasteiger partial charge in [-0.05, 0) is 25.2 Å². The summed E-state index contributed by atoms with van der Waals surface area (Å²) in [5.74, 6) is 0.426. The summed E-state index contributed by atoms with van der Waals surface area (Å²) in [6.07, 6.45) is 5.64. The van der Waals surface area contributed by atoms with Crippen LogP contribution in [0, 0.1) is 5.92 Å². The first kappa shape index (κ1) is 13.5. The zero-order chi connectivity index (χ0) is 11.8. The molecule has 0 saturated heterocycles. The van der Waals surface area contributed by atoms with Gasteiger partial charge in [-0.2, -0.15) is 0 Å². The number of nitrogens with one attached hydrogen (secondary N) is 1. The third-order valence-corrected chi connectivity index (χ3v) is 3.11. The fraction of sp³-hybridized carbons (Fsp3) is 0.917. The van der Waals surface area contributed by atoms with Crippen molar-refractivity contribution >= 4 is 5.91 Å². The second-order valence-electron chi connectivity index (χ2n) is 4.57. The number of hydrogen-bond acceptors (Lipinski definition) is 3. The van der Waals surface area contributed by atoms with Crippen molar-refractivity contribution in [3.63, 3.8) is 0 Å². The van der Waals surface area contributed by atoms with Crippen LogP contribution in [0.2, 0.25) is 0 Å². The summed E-state index contributed by atoms with van der Waals surface area (Å²) >= 11 is 0. The Morgan fingerprint density at radius 2 is 2.19 bits per heavy atom. The molecular formula is C12H24N2O2. The van der Waals surface area contributed by atoms with Crippen LogP contribution in [0.25, 0.3) is 0 Å². The molecule has 0 aromatic carbocycles. The molecule has 2 atom stereocenters. The van der Waals surface area contributed by atoms with E-state index in [2.05, 4.69) is 5.32 Å². The summed E-state index contributed by atoms with van der Waals surface area (Å²) < 4.78 is 5.17. The first-order chi connectivity index (χ1) is 7.74. The van der Waals surface area contributed by atoms with E-state index in [1.165, 1.54) is 12.8 Å². The van der Waals surface area contributed by atoms with E-state index >= 15 is 0 Å². The summed E-state index contributed by atoms with van der Waals surface area (Å²) in [4.78, 5) is 11.4. The molecule has 1 saturated carbocycles. The highest BCUT2D eigenvalue weighted by molar-refractivity contribution is 5.77. The Morgan fingerprint density at radius 3 is 2.88 bits per heavy atom. The van der Waals surface area contributed by atoms with Gasteiger partial charge in [0.15, 0.2) is 0 Å². The van der Waals surface area contributed by atoms with Crippen LogP contribution in [0.15, 0.2) is 0 Å². The zero-order valence-electron chi connectivity index (χ0n) is 10.2. The van der Waals surface area contributed by atoms with Gasteiger partial charge in [-0.1, -0.05) is 19.8 Å². The molecule has 1 amide bonds. The molecule has 0 heterocycles. The van der Waals surface area contributed by atoms with Gasteiger partial charge in [-0.3, -0.25) is 4.79 Å². The molecule has 0 aromatic rings. The number of nitrogens with two attached hydrogens (primary N) is 1. The highest BCUT2D eigenvalue weighted by atomic mass is 16.5. The second-order valence-corrected chi connectivity index (χ2v) is 4.57. The lowest BCUT2D eigenvalue weighted by atomic mass is 9.85. The topological polar surface area (TPSA) is 64.3 Å². The SMILES string of the molecule is CCCOCC(=O)NCC1CCCCC1N. The van der Waals surface area contributed by atoms with Crippen molar-refractivity contribution in [3.05, 3.63) is 0 Å². The van der Waals surface area contributed by atoms with Gasteiger partial charge in [-0.25, -0.2) is 0 Å². The minimum absolute atomic E-state index is 0.0220. The molecule has 1 aliphatic rings. The van der Waals surface area contributed by atoms with Crippen LogP contribution in [0.3, 0.4) is 0 Å². The van der Waals surface area contributed by atoms with E-state index in [-0.39, 0.29) is 18.6 Å². The molecule has 1 fully saturated rings. The van der Waals surface area contributed by atoms with Crippen LogP contribution in [-0.2, 0) is 9.53 Å². The number of hydrogen-bond donors (Lipinski definition) is 2. The third kappa shape index (κ3) is 4.94. The second kappa shape index (κ2) is 7.63. The van der Waals surface area contributed by atoms with Crippen molar-refractivity contribution < 1.29 is 9.53 Å². The lowest BCUT2D eigenvalue weighted by molar-refractivity contribution is -0.125. The first-order valence-electron chi connectivity index (χ1n) is 6.34. The largest absolute Gasteiger partial charge is 0.372 e. The van der Waals surface area contributed by atoms with Crippen LogP contribution in [0.4, 0.5) is 0 Å². The molecule has 1 aliphatic carbocycles. The van der Waals surface area contributed by atoms with Crippen LogP contribution in [0.1, 0.15) is 39.0 Å². The zero-order valence-corrected chi connectivity index (χ0v) is 10.2. The van der Waals surface area contributed by atoms with E-state index in [0.29, 0.717) is 19.1 Å². The van der Waals surface area contributed by atoms with Crippen molar-refractivity contribution in [2.45, 2.75) is 45.1 Å². The molecule has 94 valence electrons. The minimum Gasteiger partial charge on any atom is -0.372 e. The van der Waals surface area contributed by atoms with Crippen LogP contribution in [0.5, 0.6) is 0 Å². The minimum atomic E-state index is -0.0220. The first-order valence-corrected chi connectivity index (χ1v) is 6.34. The van der Waals surface area contributed by atoms with Gasteiger partial charge in [0.25, 0.3) is 0 Å². The number of ether oxygens (including phenoxy) is 1. The fourth-order valence-electron chi connectivity index (χ4n) is 2.09. The maximum atomic E-state index is 11.4. The van der Waals surface area contributed by atoms with Crippen molar-refractivity contribution in [1.82, 2.24) is 5.32 Å². The smallest absolute Gasteiger partial charge is 0.246 e.